The van der Waals surface area contributed by atoms with E-state index in [1.54, 1.807) is 19.1 Å². The Balaban J connectivity index is 1.38. The molecule has 1 N–H and O–H groups in total. The lowest BCUT2D eigenvalue weighted by molar-refractivity contribution is 0.0951. The second-order valence-corrected chi connectivity index (χ2v) is 7.46. The van der Waals surface area contributed by atoms with Crippen molar-refractivity contribution >= 4 is 22.7 Å². The number of fused-ring (bicyclic) bond motifs is 1. The highest BCUT2D eigenvalue weighted by atomic mass is 16.3. The molecule has 4 rings (SSSR count). The molecule has 2 aromatic carbocycles. The minimum atomic E-state index is -0.111. The quantitative estimate of drug-likeness (QED) is 0.751. The third-order valence-corrected chi connectivity index (χ3v) is 5.17. The smallest absolute Gasteiger partial charge is 0.251 e. The van der Waals surface area contributed by atoms with Crippen LogP contribution in [0.4, 0.5) is 5.69 Å². The Morgan fingerprint density at radius 3 is 2.85 bits per heavy atom. The molecule has 1 aliphatic heterocycles. The number of hydrogen-bond acceptors (Lipinski definition) is 4. The highest BCUT2D eigenvalue weighted by Crippen LogP contribution is 2.23. The van der Waals surface area contributed by atoms with Crippen LogP contribution in [-0.4, -0.2) is 24.0 Å². The predicted octanol–water partition coefficient (Wildman–Crippen LogP) is 4.30. The van der Waals surface area contributed by atoms with Crippen molar-refractivity contribution < 1.29 is 9.21 Å². The number of aryl methyl sites for hydroxylation is 1. The van der Waals surface area contributed by atoms with Crippen molar-refractivity contribution in [1.82, 2.24) is 10.3 Å². The lowest BCUT2D eigenvalue weighted by Gasteiger charge is -2.32. The molecular weight excluding hydrogens is 338 g/mol. The summed E-state index contributed by atoms with van der Waals surface area (Å²) in [6, 6.07) is 13.8. The number of carbonyl (C=O) groups is 1. The van der Waals surface area contributed by atoms with Gasteiger partial charge in [-0.2, -0.15) is 0 Å². The zero-order valence-electron chi connectivity index (χ0n) is 15.9. The number of piperidine rings is 1. The number of aromatic nitrogens is 1. The Morgan fingerprint density at radius 1 is 1.26 bits per heavy atom. The van der Waals surface area contributed by atoms with E-state index in [0.29, 0.717) is 23.6 Å². The van der Waals surface area contributed by atoms with Gasteiger partial charge < -0.3 is 14.6 Å². The van der Waals surface area contributed by atoms with Gasteiger partial charge in [0.1, 0.15) is 5.52 Å². The zero-order valence-corrected chi connectivity index (χ0v) is 15.9. The Kier molecular flexibility index (Phi) is 4.84. The number of anilines is 1. The van der Waals surface area contributed by atoms with Crippen molar-refractivity contribution in [2.75, 3.05) is 18.0 Å². The van der Waals surface area contributed by atoms with E-state index in [4.69, 9.17) is 4.42 Å². The molecule has 1 saturated heterocycles. The van der Waals surface area contributed by atoms with Gasteiger partial charge in [-0.25, -0.2) is 4.98 Å². The van der Waals surface area contributed by atoms with Crippen LogP contribution in [0.5, 0.6) is 0 Å². The molecule has 1 aromatic heterocycles. The standard InChI is InChI=1S/C22H25N3O2/c1-15-4-3-11-25(14-15)19-8-5-17(6-9-19)13-23-22(26)18-7-10-20-21(12-18)27-16(2)24-20/h5-10,12,15H,3-4,11,13-14H2,1-2H3,(H,23,26). The van der Waals surface area contributed by atoms with Crippen molar-refractivity contribution in [3.63, 3.8) is 0 Å². The molecule has 5 nitrogen and oxygen atoms in total. The summed E-state index contributed by atoms with van der Waals surface area (Å²) in [7, 11) is 0. The summed E-state index contributed by atoms with van der Waals surface area (Å²) in [4.78, 5) is 19.1. The van der Waals surface area contributed by atoms with Gasteiger partial charge in [0.05, 0.1) is 0 Å². The second kappa shape index (κ2) is 7.43. The molecule has 1 amide bonds. The average Bonchev–Trinajstić information content (AvgIpc) is 3.05. The fourth-order valence-electron chi connectivity index (χ4n) is 3.71. The van der Waals surface area contributed by atoms with E-state index in [2.05, 4.69) is 46.4 Å². The number of amides is 1. The van der Waals surface area contributed by atoms with Crippen LogP contribution in [0.15, 0.2) is 46.9 Å². The molecule has 140 valence electrons. The number of nitrogens with one attached hydrogen (secondary N) is 1. The molecule has 0 saturated carbocycles. The van der Waals surface area contributed by atoms with E-state index in [0.717, 1.165) is 30.1 Å². The molecule has 2 heterocycles. The van der Waals surface area contributed by atoms with Crippen LogP contribution in [0, 0.1) is 12.8 Å². The Bertz CT molecular complexity index is 946. The molecule has 0 aliphatic carbocycles. The van der Waals surface area contributed by atoms with Gasteiger partial charge in [-0.15, -0.1) is 0 Å². The Morgan fingerprint density at radius 2 is 2.07 bits per heavy atom. The third kappa shape index (κ3) is 3.97. The van der Waals surface area contributed by atoms with E-state index in [-0.39, 0.29) is 5.91 Å². The largest absolute Gasteiger partial charge is 0.441 e. The molecule has 27 heavy (non-hydrogen) atoms. The molecule has 1 aliphatic rings. The van der Waals surface area contributed by atoms with Crippen LogP contribution in [0.3, 0.4) is 0 Å². The van der Waals surface area contributed by atoms with Gasteiger partial charge in [0, 0.05) is 37.8 Å². The maximum atomic E-state index is 12.4. The van der Waals surface area contributed by atoms with Crippen LogP contribution < -0.4 is 10.2 Å². The monoisotopic (exact) mass is 363 g/mol. The fraction of sp³-hybridized carbons (Fsp3) is 0.364. The number of rotatable bonds is 4. The molecule has 0 bridgehead atoms. The minimum absolute atomic E-state index is 0.111. The highest BCUT2D eigenvalue weighted by Gasteiger charge is 2.16. The summed E-state index contributed by atoms with van der Waals surface area (Å²) in [6.45, 7) is 6.87. The predicted molar refractivity (Wildman–Crippen MR) is 107 cm³/mol. The molecule has 0 spiro atoms. The van der Waals surface area contributed by atoms with Crippen LogP contribution in [0.25, 0.3) is 11.1 Å². The summed E-state index contributed by atoms with van der Waals surface area (Å²) in [6.07, 6.45) is 2.58. The fourth-order valence-corrected chi connectivity index (χ4v) is 3.71. The average molecular weight is 363 g/mol. The van der Waals surface area contributed by atoms with E-state index in [9.17, 15) is 4.79 Å². The van der Waals surface area contributed by atoms with Crippen LogP contribution in [0.2, 0.25) is 0 Å². The molecule has 3 aromatic rings. The summed E-state index contributed by atoms with van der Waals surface area (Å²) < 4.78 is 5.50. The normalized spacial score (nSPS) is 17.3. The van der Waals surface area contributed by atoms with E-state index in [1.165, 1.54) is 18.5 Å². The second-order valence-electron chi connectivity index (χ2n) is 7.46. The van der Waals surface area contributed by atoms with Gasteiger partial charge in [-0.05, 0) is 54.7 Å². The van der Waals surface area contributed by atoms with Crippen molar-refractivity contribution in [2.45, 2.75) is 33.2 Å². The van der Waals surface area contributed by atoms with E-state index < -0.39 is 0 Å². The molecule has 0 radical (unpaired) electrons. The maximum absolute atomic E-state index is 12.4. The first kappa shape index (κ1) is 17.6. The van der Waals surface area contributed by atoms with Gasteiger partial charge in [0.25, 0.3) is 5.91 Å². The summed E-state index contributed by atoms with van der Waals surface area (Å²) in [5.41, 5.74) is 4.35. The topological polar surface area (TPSA) is 58.4 Å². The van der Waals surface area contributed by atoms with Crippen molar-refractivity contribution in [3.05, 3.63) is 59.5 Å². The van der Waals surface area contributed by atoms with Crippen molar-refractivity contribution in [2.24, 2.45) is 5.92 Å². The number of hydrogen-bond donors (Lipinski definition) is 1. The van der Waals surface area contributed by atoms with E-state index in [1.807, 2.05) is 6.07 Å². The van der Waals surface area contributed by atoms with Crippen molar-refractivity contribution in [3.8, 4) is 0 Å². The number of nitrogens with zero attached hydrogens (tertiary/aromatic N) is 2. The zero-order chi connectivity index (χ0) is 18.8. The first-order chi connectivity index (χ1) is 13.1. The van der Waals surface area contributed by atoms with Crippen LogP contribution in [0.1, 0.15) is 41.6 Å². The Hall–Kier alpha value is -2.82. The molecule has 5 heteroatoms. The maximum Gasteiger partial charge on any atom is 0.251 e. The van der Waals surface area contributed by atoms with Gasteiger partial charge in [-0.3, -0.25) is 4.79 Å². The lowest BCUT2D eigenvalue weighted by Crippen LogP contribution is -2.34. The van der Waals surface area contributed by atoms with Gasteiger partial charge in [0.2, 0.25) is 0 Å². The molecule has 1 fully saturated rings. The van der Waals surface area contributed by atoms with Crippen LogP contribution in [-0.2, 0) is 6.54 Å². The lowest BCUT2D eigenvalue weighted by atomic mass is 9.99. The van der Waals surface area contributed by atoms with Crippen molar-refractivity contribution in [1.29, 1.82) is 0 Å². The van der Waals surface area contributed by atoms with Gasteiger partial charge >= 0.3 is 0 Å². The molecular formula is C22H25N3O2. The minimum Gasteiger partial charge on any atom is -0.441 e. The summed E-state index contributed by atoms with van der Waals surface area (Å²) in [5, 5.41) is 2.98. The number of oxazole rings is 1. The Labute approximate surface area is 159 Å². The van der Waals surface area contributed by atoms with Gasteiger partial charge in [0.15, 0.2) is 11.5 Å². The first-order valence-electron chi connectivity index (χ1n) is 9.58. The van der Waals surface area contributed by atoms with Crippen LogP contribution >= 0.6 is 0 Å². The first-order valence-corrected chi connectivity index (χ1v) is 9.58. The third-order valence-electron chi connectivity index (χ3n) is 5.17. The van der Waals surface area contributed by atoms with E-state index >= 15 is 0 Å². The number of carbonyl (C=O) groups excluding carboxylic acids is 1. The number of benzene rings is 2. The highest BCUT2D eigenvalue weighted by molar-refractivity contribution is 5.96. The summed E-state index contributed by atoms with van der Waals surface area (Å²) in [5.74, 6) is 1.24. The molecule has 1 atom stereocenters. The molecule has 1 unspecified atom stereocenters. The summed E-state index contributed by atoms with van der Waals surface area (Å²) >= 11 is 0. The van der Waals surface area contributed by atoms with Gasteiger partial charge in [-0.1, -0.05) is 19.1 Å². The SMILES string of the molecule is Cc1nc2ccc(C(=O)NCc3ccc(N4CCCC(C)C4)cc3)cc2o1.